The second-order valence-corrected chi connectivity index (χ2v) is 8.06. The fourth-order valence-electron chi connectivity index (χ4n) is 4.05. The number of aromatic nitrogens is 2. The lowest BCUT2D eigenvalue weighted by atomic mass is 9.83. The lowest BCUT2D eigenvalue weighted by molar-refractivity contribution is -0.116. The van der Waals surface area contributed by atoms with Crippen LogP contribution in [0.1, 0.15) is 51.5 Å². The van der Waals surface area contributed by atoms with Crippen molar-refractivity contribution in [1.29, 1.82) is 0 Å². The molecule has 1 aliphatic carbocycles. The third-order valence-corrected chi connectivity index (χ3v) is 5.88. The monoisotopic (exact) mass is 538 g/mol. The maximum atomic E-state index is 12.2. The van der Waals surface area contributed by atoms with E-state index in [0.29, 0.717) is 12.0 Å². The second-order valence-electron chi connectivity index (χ2n) is 8.06. The highest BCUT2D eigenvalue weighted by molar-refractivity contribution is 14.0. The van der Waals surface area contributed by atoms with Crippen LogP contribution in [0.4, 0.5) is 5.69 Å². The van der Waals surface area contributed by atoms with E-state index in [1.807, 2.05) is 24.3 Å². The summed E-state index contributed by atoms with van der Waals surface area (Å²) in [7, 11) is 0. The molecule has 1 aromatic carbocycles. The van der Waals surface area contributed by atoms with Gasteiger partial charge in [-0.3, -0.25) is 9.48 Å². The number of rotatable bonds is 9. The number of amides is 1. The van der Waals surface area contributed by atoms with Crippen molar-refractivity contribution < 1.29 is 4.79 Å². The number of nitrogens with zero attached hydrogens (tertiary/aromatic N) is 3. The van der Waals surface area contributed by atoms with Crippen LogP contribution in [0, 0.1) is 5.41 Å². The molecule has 2 aromatic rings. The highest BCUT2D eigenvalue weighted by atomic mass is 127. The molecule has 8 heteroatoms. The van der Waals surface area contributed by atoms with Gasteiger partial charge in [0.25, 0.3) is 0 Å². The molecule has 1 fully saturated rings. The highest BCUT2D eigenvalue weighted by Gasteiger charge is 2.31. The first kappa shape index (κ1) is 25.2. The van der Waals surface area contributed by atoms with Crippen LogP contribution >= 0.6 is 24.0 Å². The van der Waals surface area contributed by atoms with Crippen LogP contribution in [-0.4, -0.2) is 34.7 Å². The van der Waals surface area contributed by atoms with Crippen molar-refractivity contribution in [2.45, 2.75) is 59.0 Å². The molecule has 1 saturated carbocycles. The number of carbonyl (C=O) groups excluding carboxylic acids is 1. The average molecular weight is 538 g/mol. The maximum Gasteiger partial charge on any atom is 0.246 e. The molecule has 1 heterocycles. The standard InChI is InChI=1S/C23H34N6O.HI/c1-3-23(11-5-6-12-23)18-26-22(24-4-2)25-16-19-9-7-10-20(15-19)28-21(30)17-29-14-8-13-27-29;/h7-10,13-15H,3-6,11-12,16-18H2,1-2H3,(H,28,30)(H2,24,25,26);1H. The van der Waals surface area contributed by atoms with Crippen LogP contribution in [0.3, 0.4) is 0 Å². The Morgan fingerprint density at radius 2 is 2.00 bits per heavy atom. The minimum absolute atomic E-state index is 0. The van der Waals surface area contributed by atoms with E-state index < -0.39 is 0 Å². The van der Waals surface area contributed by atoms with Crippen LogP contribution in [-0.2, 0) is 17.9 Å². The fraction of sp³-hybridized carbons (Fsp3) is 0.522. The van der Waals surface area contributed by atoms with Gasteiger partial charge in [-0.1, -0.05) is 31.9 Å². The predicted molar refractivity (Wildman–Crippen MR) is 137 cm³/mol. The highest BCUT2D eigenvalue weighted by Crippen LogP contribution is 2.40. The van der Waals surface area contributed by atoms with Gasteiger partial charge >= 0.3 is 0 Å². The van der Waals surface area contributed by atoms with Crippen molar-refractivity contribution in [2.24, 2.45) is 10.4 Å². The molecule has 3 N–H and O–H groups in total. The molecule has 0 atom stereocenters. The molecule has 1 aromatic heterocycles. The van der Waals surface area contributed by atoms with E-state index in [1.165, 1.54) is 32.1 Å². The first-order valence-corrected chi connectivity index (χ1v) is 11.0. The van der Waals surface area contributed by atoms with Crippen molar-refractivity contribution in [2.75, 3.05) is 18.4 Å². The summed E-state index contributed by atoms with van der Waals surface area (Å²) in [5.74, 6) is 0.751. The van der Waals surface area contributed by atoms with Gasteiger partial charge in [0.15, 0.2) is 5.96 Å². The Kier molecular flexibility index (Phi) is 10.3. The molecule has 0 aliphatic heterocycles. The zero-order valence-corrected chi connectivity index (χ0v) is 20.9. The van der Waals surface area contributed by atoms with Gasteiger partial charge in [-0.2, -0.15) is 5.10 Å². The molecule has 31 heavy (non-hydrogen) atoms. The molecule has 0 unspecified atom stereocenters. The van der Waals surface area contributed by atoms with Crippen molar-refractivity contribution in [3.05, 3.63) is 48.3 Å². The second kappa shape index (κ2) is 12.7. The molecule has 0 saturated heterocycles. The van der Waals surface area contributed by atoms with Crippen molar-refractivity contribution in [3.8, 4) is 0 Å². The summed E-state index contributed by atoms with van der Waals surface area (Å²) in [6.07, 6.45) is 9.92. The Bertz CT molecular complexity index is 830. The Morgan fingerprint density at radius 1 is 1.19 bits per heavy atom. The van der Waals surface area contributed by atoms with Crippen LogP contribution in [0.5, 0.6) is 0 Å². The molecule has 0 radical (unpaired) electrons. The quantitative estimate of drug-likeness (QED) is 0.254. The zero-order chi connectivity index (χ0) is 21.2. The van der Waals surface area contributed by atoms with Gasteiger partial charge < -0.3 is 16.0 Å². The largest absolute Gasteiger partial charge is 0.357 e. The minimum Gasteiger partial charge on any atom is -0.357 e. The van der Waals surface area contributed by atoms with Gasteiger partial charge in [-0.15, -0.1) is 24.0 Å². The van der Waals surface area contributed by atoms with Crippen LogP contribution in [0.15, 0.2) is 47.7 Å². The van der Waals surface area contributed by atoms with Crippen LogP contribution in [0.25, 0.3) is 0 Å². The molecule has 3 rings (SSSR count). The summed E-state index contributed by atoms with van der Waals surface area (Å²) in [6.45, 7) is 6.93. The summed E-state index contributed by atoms with van der Waals surface area (Å²) in [5.41, 5.74) is 2.23. The molecule has 7 nitrogen and oxygen atoms in total. The topological polar surface area (TPSA) is 83.3 Å². The molecular formula is C23H35IN6O. The molecular weight excluding hydrogens is 503 g/mol. The van der Waals surface area contributed by atoms with E-state index in [4.69, 9.17) is 4.99 Å². The SMILES string of the molecule is CCNC(=NCc1cccc(NC(=O)Cn2cccn2)c1)NCC1(CC)CCCC1.I. The minimum atomic E-state index is -0.101. The van der Waals surface area contributed by atoms with Crippen molar-refractivity contribution in [3.63, 3.8) is 0 Å². The Morgan fingerprint density at radius 3 is 2.68 bits per heavy atom. The number of halogens is 1. The molecule has 0 bridgehead atoms. The summed E-state index contributed by atoms with van der Waals surface area (Å²) >= 11 is 0. The third-order valence-electron chi connectivity index (χ3n) is 5.88. The Balaban J connectivity index is 0.00000341. The van der Waals surface area contributed by atoms with Gasteiger partial charge in [-0.25, -0.2) is 4.99 Å². The fourth-order valence-corrected chi connectivity index (χ4v) is 4.05. The van der Waals surface area contributed by atoms with E-state index in [9.17, 15) is 4.79 Å². The Hall–Kier alpha value is -2.10. The molecule has 0 spiro atoms. The first-order chi connectivity index (χ1) is 14.6. The van der Waals surface area contributed by atoms with E-state index in [0.717, 1.165) is 30.3 Å². The van der Waals surface area contributed by atoms with E-state index >= 15 is 0 Å². The van der Waals surface area contributed by atoms with E-state index in [1.54, 1.807) is 23.1 Å². The van der Waals surface area contributed by atoms with Gasteiger partial charge in [0.2, 0.25) is 5.91 Å². The summed E-state index contributed by atoms with van der Waals surface area (Å²) in [6, 6.07) is 9.64. The molecule has 1 aliphatic rings. The predicted octanol–water partition coefficient (Wildman–Crippen LogP) is 4.17. The number of hydrogen-bond donors (Lipinski definition) is 3. The zero-order valence-electron chi connectivity index (χ0n) is 18.6. The summed E-state index contributed by atoms with van der Waals surface area (Å²) in [5, 5.41) is 13.9. The lowest BCUT2D eigenvalue weighted by Crippen LogP contribution is -2.42. The van der Waals surface area contributed by atoms with Gasteiger partial charge in [0.1, 0.15) is 6.54 Å². The van der Waals surface area contributed by atoms with Gasteiger partial charge in [0, 0.05) is 31.2 Å². The first-order valence-electron chi connectivity index (χ1n) is 11.0. The number of aliphatic imine (C=N–C) groups is 1. The van der Waals surface area contributed by atoms with Gasteiger partial charge in [-0.05, 0) is 55.4 Å². The third kappa shape index (κ3) is 7.83. The summed E-state index contributed by atoms with van der Waals surface area (Å²) < 4.78 is 1.60. The number of guanidine groups is 1. The number of carbonyl (C=O) groups is 1. The van der Waals surface area contributed by atoms with Gasteiger partial charge in [0.05, 0.1) is 6.54 Å². The number of nitrogens with one attached hydrogen (secondary N) is 3. The van der Waals surface area contributed by atoms with Crippen molar-refractivity contribution >= 4 is 41.5 Å². The molecule has 1 amide bonds. The number of anilines is 1. The van der Waals surface area contributed by atoms with E-state index in [-0.39, 0.29) is 36.4 Å². The number of benzene rings is 1. The molecule has 170 valence electrons. The lowest BCUT2D eigenvalue weighted by Gasteiger charge is -2.28. The van der Waals surface area contributed by atoms with Crippen LogP contribution in [0.2, 0.25) is 0 Å². The van der Waals surface area contributed by atoms with Crippen molar-refractivity contribution in [1.82, 2.24) is 20.4 Å². The maximum absolute atomic E-state index is 12.2. The Labute approximate surface area is 202 Å². The summed E-state index contributed by atoms with van der Waals surface area (Å²) in [4.78, 5) is 17.0. The smallest absolute Gasteiger partial charge is 0.246 e. The number of hydrogen-bond acceptors (Lipinski definition) is 3. The van der Waals surface area contributed by atoms with E-state index in [2.05, 4.69) is 34.9 Å². The normalized spacial score (nSPS) is 15.2. The average Bonchev–Trinajstić information content (AvgIpc) is 3.43. The van der Waals surface area contributed by atoms with Crippen LogP contribution < -0.4 is 16.0 Å².